The van der Waals surface area contributed by atoms with Gasteiger partial charge in [-0.1, -0.05) is 30.3 Å². The molecule has 1 atom stereocenters. The largest absolute Gasteiger partial charge is 0.386 e. The smallest absolute Gasteiger partial charge is 0.251 e. The quantitative estimate of drug-likeness (QED) is 0.834. The first-order valence-electron chi connectivity index (χ1n) is 6.80. The lowest BCUT2D eigenvalue weighted by atomic mass is 10.1. The minimum Gasteiger partial charge on any atom is -0.386 e. The molecule has 2 N–H and O–H groups in total. The van der Waals surface area contributed by atoms with Crippen molar-refractivity contribution in [2.75, 3.05) is 6.54 Å². The molecule has 0 saturated heterocycles. The average molecular weight is 301 g/mol. The zero-order valence-corrected chi connectivity index (χ0v) is 12.0. The van der Waals surface area contributed by atoms with Gasteiger partial charge >= 0.3 is 0 Å². The van der Waals surface area contributed by atoms with Crippen LogP contribution in [0.5, 0.6) is 0 Å². The Morgan fingerprint density at radius 3 is 2.27 bits per heavy atom. The number of carbonyl (C=O) groups is 2. The highest BCUT2D eigenvalue weighted by atomic mass is 19.1. The summed E-state index contributed by atoms with van der Waals surface area (Å²) in [6.07, 6.45) is -1.12. The minimum absolute atomic E-state index is 0.0815. The fraction of sp³-hybridized carbons (Fsp3) is 0.176. The molecular formula is C17H16FNO3. The van der Waals surface area contributed by atoms with Crippen LogP contribution in [0.3, 0.4) is 0 Å². The summed E-state index contributed by atoms with van der Waals surface area (Å²) in [5, 5.41) is 12.4. The van der Waals surface area contributed by atoms with E-state index >= 15 is 0 Å². The van der Waals surface area contributed by atoms with Gasteiger partial charge < -0.3 is 10.4 Å². The zero-order valence-electron chi connectivity index (χ0n) is 12.0. The van der Waals surface area contributed by atoms with Crippen molar-refractivity contribution in [3.8, 4) is 0 Å². The Labute approximate surface area is 127 Å². The van der Waals surface area contributed by atoms with E-state index in [0.717, 1.165) is 0 Å². The molecule has 0 aliphatic heterocycles. The maximum absolute atomic E-state index is 13.5. The Balaban J connectivity index is 1.98. The molecule has 0 bridgehead atoms. The van der Waals surface area contributed by atoms with Gasteiger partial charge in [-0.3, -0.25) is 9.59 Å². The van der Waals surface area contributed by atoms with Crippen LogP contribution in [-0.2, 0) is 0 Å². The molecule has 2 aromatic rings. The van der Waals surface area contributed by atoms with Gasteiger partial charge in [0.2, 0.25) is 0 Å². The van der Waals surface area contributed by atoms with Crippen LogP contribution < -0.4 is 5.32 Å². The summed E-state index contributed by atoms with van der Waals surface area (Å²) < 4.78 is 13.5. The van der Waals surface area contributed by atoms with Gasteiger partial charge in [0, 0.05) is 23.2 Å². The van der Waals surface area contributed by atoms with Gasteiger partial charge in [-0.05, 0) is 25.1 Å². The Morgan fingerprint density at radius 1 is 1.09 bits per heavy atom. The normalized spacial score (nSPS) is 11.8. The molecule has 22 heavy (non-hydrogen) atoms. The molecule has 5 heteroatoms. The number of ketones is 1. The second-order valence-corrected chi connectivity index (χ2v) is 4.88. The fourth-order valence-corrected chi connectivity index (χ4v) is 2.00. The number of rotatable bonds is 5. The molecule has 2 aromatic carbocycles. The van der Waals surface area contributed by atoms with Crippen molar-refractivity contribution in [3.63, 3.8) is 0 Å². The first-order valence-corrected chi connectivity index (χ1v) is 6.80. The highest BCUT2D eigenvalue weighted by molar-refractivity contribution is 5.97. The lowest BCUT2D eigenvalue weighted by Crippen LogP contribution is -2.28. The van der Waals surface area contributed by atoms with Gasteiger partial charge in [-0.25, -0.2) is 4.39 Å². The minimum atomic E-state index is -1.12. The molecule has 2 rings (SSSR count). The van der Waals surface area contributed by atoms with Crippen molar-refractivity contribution < 1.29 is 19.1 Å². The standard InChI is InChI=1S/C17H16FNO3/c1-11(20)12-6-8-13(9-7-12)17(22)19-10-16(21)14-4-2-3-5-15(14)18/h2-9,16,21H,10H2,1H3,(H,19,22). The predicted molar refractivity (Wildman–Crippen MR) is 80.1 cm³/mol. The molecule has 1 amide bonds. The van der Waals surface area contributed by atoms with E-state index < -0.39 is 17.8 Å². The molecular weight excluding hydrogens is 285 g/mol. The molecule has 0 fully saturated rings. The van der Waals surface area contributed by atoms with E-state index in [9.17, 15) is 19.1 Å². The topological polar surface area (TPSA) is 66.4 Å². The van der Waals surface area contributed by atoms with Crippen LogP contribution in [0.15, 0.2) is 48.5 Å². The highest BCUT2D eigenvalue weighted by Gasteiger charge is 2.14. The first kappa shape index (κ1) is 15.9. The maximum atomic E-state index is 13.5. The van der Waals surface area contributed by atoms with E-state index in [-0.39, 0.29) is 17.9 Å². The summed E-state index contributed by atoms with van der Waals surface area (Å²) in [6.45, 7) is 1.34. The molecule has 0 heterocycles. The summed E-state index contributed by atoms with van der Waals surface area (Å²) in [7, 11) is 0. The molecule has 0 radical (unpaired) electrons. The van der Waals surface area contributed by atoms with Crippen molar-refractivity contribution in [2.24, 2.45) is 0 Å². The van der Waals surface area contributed by atoms with Crippen LogP contribution in [0, 0.1) is 5.82 Å². The summed E-state index contributed by atoms with van der Waals surface area (Å²) in [5.41, 5.74) is 1.02. The summed E-state index contributed by atoms with van der Waals surface area (Å²) >= 11 is 0. The van der Waals surface area contributed by atoms with E-state index in [1.807, 2.05) is 0 Å². The highest BCUT2D eigenvalue weighted by Crippen LogP contribution is 2.15. The number of nitrogens with one attached hydrogen (secondary N) is 1. The van der Waals surface area contributed by atoms with Crippen molar-refractivity contribution in [1.82, 2.24) is 5.32 Å². The van der Waals surface area contributed by atoms with E-state index in [0.29, 0.717) is 11.1 Å². The van der Waals surface area contributed by atoms with E-state index in [1.165, 1.54) is 37.3 Å². The maximum Gasteiger partial charge on any atom is 0.251 e. The van der Waals surface area contributed by atoms with Crippen molar-refractivity contribution in [1.29, 1.82) is 0 Å². The van der Waals surface area contributed by atoms with Crippen LogP contribution in [0.2, 0.25) is 0 Å². The Morgan fingerprint density at radius 2 is 1.68 bits per heavy atom. The van der Waals surface area contributed by atoms with Crippen molar-refractivity contribution in [3.05, 3.63) is 71.0 Å². The molecule has 0 aromatic heterocycles. The van der Waals surface area contributed by atoms with Crippen LogP contribution in [0.1, 0.15) is 39.3 Å². The second kappa shape index (κ2) is 6.95. The van der Waals surface area contributed by atoms with Crippen LogP contribution >= 0.6 is 0 Å². The summed E-state index contributed by atoms with van der Waals surface area (Å²) in [6, 6.07) is 12.0. The van der Waals surface area contributed by atoms with Gasteiger partial charge in [0.05, 0.1) is 6.10 Å². The number of amides is 1. The Bertz CT molecular complexity index is 683. The lowest BCUT2D eigenvalue weighted by Gasteiger charge is -2.13. The number of carbonyl (C=O) groups excluding carboxylic acids is 2. The molecule has 4 nitrogen and oxygen atoms in total. The third-order valence-corrected chi connectivity index (χ3v) is 3.27. The van der Waals surface area contributed by atoms with Crippen LogP contribution in [0.25, 0.3) is 0 Å². The molecule has 0 spiro atoms. The number of aliphatic hydroxyl groups is 1. The number of aliphatic hydroxyl groups excluding tert-OH is 1. The third kappa shape index (κ3) is 3.77. The van der Waals surface area contributed by atoms with Crippen LogP contribution in [0.4, 0.5) is 4.39 Å². The zero-order chi connectivity index (χ0) is 16.1. The van der Waals surface area contributed by atoms with Crippen LogP contribution in [-0.4, -0.2) is 23.3 Å². The number of halogens is 1. The Kier molecular flexibility index (Phi) is 5.01. The number of benzene rings is 2. The monoisotopic (exact) mass is 301 g/mol. The van der Waals surface area contributed by atoms with Gasteiger partial charge in [0.25, 0.3) is 5.91 Å². The predicted octanol–water partition coefficient (Wildman–Crippen LogP) is 2.49. The third-order valence-electron chi connectivity index (χ3n) is 3.27. The Hall–Kier alpha value is -2.53. The molecule has 1 unspecified atom stereocenters. The molecule has 0 aliphatic rings. The number of hydrogen-bond donors (Lipinski definition) is 2. The molecule has 0 saturated carbocycles. The van der Waals surface area contributed by atoms with Crippen molar-refractivity contribution in [2.45, 2.75) is 13.0 Å². The average Bonchev–Trinajstić information content (AvgIpc) is 2.52. The molecule has 0 aliphatic carbocycles. The number of hydrogen-bond acceptors (Lipinski definition) is 3. The van der Waals surface area contributed by atoms with Gasteiger partial charge in [0.15, 0.2) is 5.78 Å². The lowest BCUT2D eigenvalue weighted by molar-refractivity contribution is 0.0913. The summed E-state index contributed by atoms with van der Waals surface area (Å²) in [4.78, 5) is 23.1. The second-order valence-electron chi connectivity index (χ2n) is 4.88. The summed E-state index contributed by atoms with van der Waals surface area (Å²) in [5.74, 6) is -0.998. The first-order chi connectivity index (χ1) is 10.5. The van der Waals surface area contributed by atoms with Gasteiger partial charge in [0.1, 0.15) is 5.82 Å². The van der Waals surface area contributed by atoms with Crippen molar-refractivity contribution >= 4 is 11.7 Å². The SMILES string of the molecule is CC(=O)c1ccc(C(=O)NCC(O)c2ccccc2F)cc1. The van der Waals surface area contributed by atoms with E-state index in [4.69, 9.17) is 0 Å². The van der Waals surface area contributed by atoms with Gasteiger partial charge in [-0.15, -0.1) is 0 Å². The molecule has 114 valence electrons. The fourth-order valence-electron chi connectivity index (χ4n) is 2.00. The van der Waals surface area contributed by atoms with E-state index in [2.05, 4.69) is 5.32 Å². The van der Waals surface area contributed by atoms with E-state index in [1.54, 1.807) is 18.2 Å². The number of Topliss-reactive ketones (excluding diaryl/α,β-unsaturated/α-hetero) is 1. The van der Waals surface area contributed by atoms with Gasteiger partial charge in [-0.2, -0.15) is 0 Å².